The van der Waals surface area contributed by atoms with E-state index in [4.69, 9.17) is 16.2 Å². The van der Waals surface area contributed by atoms with Crippen LogP contribution in [-0.2, 0) is 6.18 Å². The quantitative estimate of drug-likeness (QED) is 0.348. The van der Waals surface area contributed by atoms with Gasteiger partial charge in [-0.15, -0.1) is 0 Å². The van der Waals surface area contributed by atoms with Crippen LogP contribution in [0.2, 0.25) is 0 Å². The smallest absolute Gasteiger partial charge is 0.416 e. The Morgan fingerprint density at radius 2 is 1.76 bits per heavy atom. The number of para-hydroxylation sites is 1. The maximum absolute atomic E-state index is 13.0. The normalized spacial score (nSPS) is 12.2. The van der Waals surface area contributed by atoms with Gasteiger partial charge in [0.05, 0.1) is 16.0 Å². The van der Waals surface area contributed by atoms with Gasteiger partial charge in [-0.05, 0) is 38.1 Å². The van der Waals surface area contributed by atoms with E-state index in [1.54, 1.807) is 12.1 Å². The highest BCUT2D eigenvalue weighted by molar-refractivity contribution is 7.22. The zero-order valence-electron chi connectivity index (χ0n) is 17.8. The first-order valence-electron chi connectivity index (χ1n) is 9.90. The molecule has 5 N–H and O–H groups in total. The van der Waals surface area contributed by atoms with Crippen molar-refractivity contribution < 1.29 is 17.9 Å². The molecule has 0 aliphatic heterocycles. The molecule has 11 heteroatoms. The van der Waals surface area contributed by atoms with Gasteiger partial charge in [0, 0.05) is 23.7 Å². The number of benzene rings is 2. The second-order valence-corrected chi connectivity index (χ2v) is 9.15. The van der Waals surface area contributed by atoms with Crippen molar-refractivity contribution in [3.8, 4) is 22.9 Å². The number of hydrogen-bond donors (Lipinski definition) is 3. The molecule has 0 amide bonds. The van der Waals surface area contributed by atoms with Crippen molar-refractivity contribution >= 4 is 32.6 Å². The van der Waals surface area contributed by atoms with Crippen LogP contribution in [0.5, 0.6) is 11.6 Å². The third-order valence-electron chi connectivity index (χ3n) is 4.53. The van der Waals surface area contributed by atoms with Gasteiger partial charge in [-0.1, -0.05) is 29.5 Å². The molecule has 33 heavy (non-hydrogen) atoms. The van der Waals surface area contributed by atoms with Crippen LogP contribution in [0.3, 0.4) is 0 Å². The predicted octanol–water partition coefficient (Wildman–Crippen LogP) is 5.30. The van der Waals surface area contributed by atoms with E-state index in [1.807, 2.05) is 26.0 Å². The molecule has 4 rings (SSSR count). The van der Waals surface area contributed by atoms with Gasteiger partial charge in [-0.3, -0.25) is 0 Å². The molecule has 0 aliphatic rings. The van der Waals surface area contributed by atoms with Gasteiger partial charge in [0.1, 0.15) is 5.52 Å². The Hall–Kier alpha value is -3.44. The Balaban J connectivity index is 1.72. The number of hydrogen-bond acceptors (Lipinski definition) is 8. The number of fused-ring (bicyclic) bond motifs is 1. The third-order valence-corrected chi connectivity index (χ3v) is 5.38. The minimum absolute atomic E-state index is 0.191. The standard InChI is InChI=1S/C22H21F3N6OS/c1-21(2,27)11-28-20-29-14(12-6-8-13(9-7-12)22(23,24)25)10-17(30-20)32-15-4-3-5-16-18(15)31-19(26)33-16/h3-10H,11,27H2,1-2H3,(H2,26,31)(H,28,29,30). The molecule has 0 saturated carbocycles. The van der Waals surface area contributed by atoms with Crippen molar-refractivity contribution in [1.82, 2.24) is 15.0 Å². The second kappa shape index (κ2) is 8.49. The highest BCUT2D eigenvalue weighted by atomic mass is 32.1. The van der Waals surface area contributed by atoms with E-state index >= 15 is 0 Å². The molecule has 0 saturated heterocycles. The van der Waals surface area contributed by atoms with E-state index in [0.717, 1.165) is 16.8 Å². The molecule has 0 aliphatic carbocycles. The average molecular weight is 475 g/mol. The Kier molecular flexibility index (Phi) is 5.85. The molecular weight excluding hydrogens is 453 g/mol. The Morgan fingerprint density at radius 3 is 2.42 bits per heavy atom. The summed E-state index contributed by atoms with van der Waals surface area (Å²) < 4.78 is 45.7. The number of nitrogen functional groups attached to an aromatic ring is 1. The van der Waals surface area contributed by atoms with E-state index < -0.39 is 17.3 Å². The van der Waals surface area contributed by atoms with E-state index in [-0.39, 0.29) is 11.8 Å². The topological polar surface area (TPSA) is 112 Å². The minimum Gasteiger partial charge on any atom is -0.437 e. The number of nitrogens with one attached hydrogen (secondary N) is 1. The van der Waals surface area contributed by atoms with E-state index in [9.17, 15) is 13.2 Å². The molecule has 2 aromatic carbocycles. The first kappa shape index (κ1) is 22.7. The molecule has 0 atom stereocenters. The molecule has 172 valence electrons. The van der Waals surface area contributed by atoms with Crippen molar-refractivity contribution in [1.29, 1.82) is 0 Å². The number of nitrogens with zero attached hydrogens (tertiary/aromatic N) is 3. The molecule has 7 nitrogen and oxygen atoms in total. The van der Waals surface area contributed by atoms with Gasteiger partial charge < -0.3 is 21.5 Å². The number of rotatable bonds is 6. The maximum atomic E-state index is 13.0. The second-order valence-electron chi connectivity index (χ2n) is 8.09. The number of alkyl halides is 3. The molecule has 0 bridgehead atoms. The number of thiazole rings is 1. The number of ether oxygens (including phenoxy) is 1. The predicted molar refractivity (Wildman–Crippen MR) is 123 cm³/mol. The summed E-state index contributed by atoms with van der Waals surface area (Å²) in [5.74, 6) is 0.866. The van der Waals surface area contributed by atoms with Crippen LogP contribution in [0, 0.1) is 0 Å². The van der Waals surface area contributed by atoms with Gasteiger partial charge in [0.25, 0.3) is 0 Å². The Bertz CT molecular complexity index is 1280. The molecule has 4 aromatic rings. The van der Waals surface area contributed by atoms with Crippen LogP contribution in [0.25, 0.3) is 21.5 Å². The van der Waals surface area contributed by atoms with Crippen LogP contribution in [0.4, 0.5) is 24.3 Å². The summed E-state index contributed by atoms with van der Waals surface area (Å²) in [4.78, 5) is 13.1. The van der Waals surface area contributed by atoms with Crippen LogP contribution in [0.15, 0.2) is 48.5 Å². The van der Waals surface area contributed by atoms with Crippen LogP contribution >= 0.6 is 11.3 Å². The molecule has 2 heterocycles. The maximum Gasteiger partial charge on any atom is 0.416 e. The minimum atomic E-state index is -4.42. The first-order chi connectivity index (χ1) is 15.5. The van der Waals surface area contributed by atoms with Crippen molar-refractivity contribution in [3.63, 3.8) is 0 Å². The summed E-state index contributed by atoms with van der Waals surface area (Å²) in [7, 11) is 0. The van der Waals surface area contributed by atoms with E-state index in [2.05, 4.69) is 20.3 Å². The summed E-state index contributed by atoms with van der Waals surface area (Å²) in [6, 6.07) is 11.7. The lowest BCUT2D eigenvalue weighted by molar-refractivity contribution is -0.137. The van der Waals surface area contributed by atoms with Crippen molar-refractivity contribution in [3.05, 3.63) is 54.1 Å². The highest BCUT2D eigenvalue weighted by Crippen LogP contribution is 2.35. The molecule has 0 fully saturated rings. The van der Waals surface area contributed by atoms with E-state index in [1.165, 1.54) is 23.5 Å². The molecule has 0 unspecified atom stereocenters. The molecule has 2 aromatic heterocycles. The monoisotopic (exact) mass is 474 g/mol. The Morgan fingerprint density at radius 1 is 1.03 bits per heavy atom. The summed E-state index contributed by atoms with van der Waals surface area (Å²) in [6.45, 7) is 4.04. The van der Waals surface area contributed by atoms with Gasteiger partial charge in [-0.25, -0.2) is 9.97 Å². The lowest BCUT2D eigenvalue weighted by Crippen LogP contribution is -2.40. The van der Waals surface area contributed by atoms with Crippen molar-refractivity contribution in [2.75, 3.05) is 17.6 Å². The van der Waals surface area contributed by atoms with Crippen molar-refractivity contribution in [2.24, 2.45) is 5.73 Å². The fourth-order valence-electron chi connectivity index (χ4n) is 2.98. The SMILES string of the molecule is CC(C)(N)CNc1nc(Oc2cccc3sc(N)nc23)cc(-c2ccc(C(F)(F)F)cc2)n1. The summed E-state index contributed by atoms with van der Waals surface area (Å²) in [6.07, 6.45) is -4.42. The summed E-state index contributed by atoms with van der Waals surface area (Å²) in [5, 5.41) is 3.46. The fourth-order valence-corrected chi connectivity index (χ4v) is 3.73. The molecular formula is C22H21F3N6OS. The number of nitrogens with two attached hydrogens (primary N) is 2. The lowest BCUT2D eigenvalue weighted by Gasteiger charge is -2.19. The van der Waals surface area contributed by atoms with Gasteiger partial charge in [0.2, 0.25) is 11.8 Å². The van der Waals surface area contributed by atoms with Gasteiger partial charge in [0.15, 0.2) is 10.9 Å². The lowest BCUT2D eigenvalue weighted by atomic mass is 10.1. The summed E-state index contributed by atoms with van der Waals surface area (Å²) >= 11 is 1.33. The van der Waals surface area contributed by atoms with Crippen LogP contribution < -0.4 is 21.5 Å². The average Bonchev–Trinajstić information content (AvgIpc) is 3.12. The van der Waals surface area contributed by atoms with Crippen LogP contribution in [-0.4, -0.2) is 27.0 Å². The Labute approximate surface area is 191 Å². The zero-order chi connectivity index (χ0) is 23.8. The van der Waals surface area contributed by atoms with E-state index in [0.29, 0.717) is 34.2 Å². The molecule has 0 spiro atoms. The number of anilines is 2. The first-order valence-corrected chi connectivity index (χ1v) is 10.7. The van der Waals surface area contributed by atoms with Crippen LogP contribution in [0.1, 0.15) is 19.4 Å². The fraction of sp³-hybridized carbons (Fsp3) is 0.227. The van der Waals surface area contributed by atoms with Crippen molar-refractivity contribution in [2.45, 2.75) is 25.6 Å². The summed E-state index contributed by atoms with van der Waals surface area (Å²) in [5.41, 5.74) is 12.0. The number of halogens is 3. The number of aromatic nitrogens is 3. The van der Waals surface area contributed by atoms with Gasteiger partial charge >= 0.3 is 6.18 Å². The largest absolute Gasteiger partial charge is 0.437 e. The molecule has 0 radical (unpaired) electrons. The third kappa shape index (κ3) is 5.49. The highest BCUT2D eigenvalue weighted by Gasteiger charge is 2.30. The van der Waals surface area contributed by atoms with Gasteiger partial charge in [-0.2, -0.15) is 18.2 Å². The zero-order valence-corrected chi connectivity index (χ0v) is 18.6.